The maximum absolute atomic E-state index is 12.6. The fraction of sp³-hybridized carbons (Fsp3) is 0.276. The largest absolute Gasteiger partial charge is 0.494 e. The van der Waals surface area contributed by atoms with Crippen molar-refractivity contribution >= 4 is 40.3 Å². The lowest BCUT2D eigenvalue weighted by atomic mass is 9.96. The van der Waals surface area contributed by atoms with Crippen molar-refractivity contribution in [2.75, 3.05) is 18.5 Å². The molecule has 2 aromatic carbocycles. The van der Waals surface area contributed by atoms with Crippen LogP contribution in [0.5, 0.6) is 17.2 Å². The van der Waals surface area contributed by atoms with E-state index in [-0.39, 0.29) is 5.75 Å². The molecule has 1 heterocycles. The molecular formula is C29H28N4O6S. The topological polar surface area (TPSA) is 139 Å². The molecule has 0 aliphatic heterocycles. The van der Waals surface area contributed by atoms with Crippen LogP contribution in [0.25, 0.3) is 0 Å². The highest BCUT2D eigenvalue weighted by molar-refractivity contribution is 7.16. The molecule has 4 rings (SSSR count). The first-order valence-electron chi connectivity index (χ1n) is 12.8. The molecule has 40 heavy (non-hydrogen) atoms. The maximum atomic E-state index is 12.6. The molecule has 10 nitrogen and oxygen atoms in total. The number of thiophene rings is 1. The molecule has 0 bridgehead atoms. The van der Waals surface area contributed by atoms with Gasteiger partial charge in [-0.25, -0.2) is 10.2 Å². The number of carbonyl (C=O) groups is 3. The second kappa shape index (κ2) is 13.4. The number of fused-ring (bicyclic) bond motifs is 1. The lowest BCUT2D eigenvalue weighted by Gasteiger charge is -2.11. The number of nitrogens with zero attached hydrogens (tertiary/aromatic N) is 2. The third-order valence-corrected chi connectivity index (χ3v) is 7.17. The van der Waals surface area contributed by atoms with E-state index in [1.165, 1.54) is 17.6 Å². The molecule has 2 amide bonds. The SMILES string of the molecule is CCOc1ccc(C(=O)Oc2ccc(/C=N\NC(=O)C(=O)Nc3sc4c(c3C#N)CCCC4)cc2OCC)cc1. The molecule has 0 radical (unpaired) electrons. The number of nitrogens with one attached hydrogen (secondary N) is 2. The van der Waals surface area contributed by atoms with Crippen molar-refractivity contribution in [1.82, 2.24) is 5.43 Å². The van der Waals surface area contributed by atoms with Gasteiger partial charge in [0.2, 0.25) is 0 Å². The number of hydrogen-bond acceptors (Lipinski definition) is 9. The maximum Gasteiger partial charge on any atom is 0.343 e. The molecule has 1 aromatic heterocycles. The molecule has 0 atom stereocenters. The summed E-state index contributed by atoms with van der Waals surface area (Å²) in [6.45, 7) is 4.51. The van der Waals surface area contributed by atoms with Gasteiger partial charge in [-0.3, -0.25) is 9.59 Å². The summed E-state index contributed by atoms with van der Waals surface area (Å²) in [6.07, 6.45) is 5.03. The third kappa shape index (κ3) is 6.84. The van der Waals surface area contributed by atoms with Crippen LogP contribution in [0.1, 0.15) is 58.6 Å². The standard InChI is InChI=1S/C29H28N4O6S/c1-3-37-20-12-10-19(11-13-20)29(36)39-23-14-9-18(15-24(23)38-4-2)17-31-33-27(35)26(34)32-28-22(16-30)21-7-5-6-8-25(21)40-28/h9-15,17H,3-8H2,1-2H3,(H,32,34)(H,33,35)/b31-17-. The predicted molar refractivity (Wildman–Crippen MR) is 150 cm³/mol. The monoisotopic (exact) mass is 560 g/mol. The quantitative estimate of drug-likeness (QED) is 0.128. The van der Waals surface area contributed by atoms with Gasteiger partial charge < -0.3 is 19.5 Å². The molecule has 3 aromatic rings. The molecule has 1 aliphatic rings. The van der Waals surface area contributed by atoms with Crippen molar-refractivity contribution in [2.24, 2.45) is 5.10 Å². The van der Waals surface area contributed by atoms with Gasteiger partial charge in [0.25, 0.3) is 0 Å². The molecule has 206 valence electrons. The minimum Gasteiger partial charge on any atom is -0.494 e. The van der Waals surface area contributed by atoms with Crippen LogP contribution in [-0.4, -0.2) is 37.2 Å². The summed E-state index contributed by atoms with van der Waals surface area (Å²) in [6, 6.07) is 13.5. The Labute approximate surface area is 235 Å². The van der Waals surface area contributed by atoms with Crippen molar-refractivity contribution < 1.29 is 28.6 Å². The lowest BCUT2D eigenvalue weighted by Crippen LogP contribution is -2.32. The van der Waals surface area contributed by atoms with E-state index >= 15 is 0 Å². The van der Waals surface area contributed by atoms with Crippen LogP contribution < -0.4 is 25.0 Å². The zero-order valence-corrected chi connectivity index (χ0v) is 22.9. The zero-order valence-electron chi connectivity index (χ0n) is 22.1. The fourth-order valence-corrected chi connectivity index (χ4v) is 5.35. The van der Waals surface area contributed by atoms with Crippen molar-refractivity contribution in [2.45, 2.75) is 39.5 Å². The van der Waals surface area contributed by atoms with E-state index in [4.69, 9.17) is 14.2 Å². The summed E-state index contributed by atoms with van der Waals surface area (Å²) in [5.41, 5.74) is 4.46. The van der Waals surface area contributed by atoms with Crippen LogP contribution in [0, 0.1) is 11.3 Å². The van der Waals surface area contributed by atoms with Crippen LogP contribution >= 0.6 is 11.3 Å². The summed E-state index contributed by atoms with van der Waals surface area (Å²) in [7, 11) is 0. The van der Waals surface area contributed by atoms with Gasteiger partial charge in [-0.2, -0.15) is 10.4 Å². The molecule has 0 saturated heterocycles. The predicted octanol–water partition coefficient (Wildman–Crippen LogP) is 4.60. The normalized spacial score (nSPS) is 12.2. The first-order chi connectivity index (χ1) is 19.4. The number of aryl methyl sites for hydroxylation is 1. The average molecular weight is 561 g/mol. The number of benzene rings is 2. The van der Waals surface area contributed by atoms with E-state index in [1.807, 2.05) is 6.92 Å². The number of amides is 2. The van der Waals surface area contributed by atoms with E-state index < -0.39 is 17.8 Å². The average Bonchev–Trinajstić information content (AvgIpc) is 3.31. The number of esters is 1. The van der Waals surface area contributed by atoms with Crippen molar-refractivity contribution in [1.29, 1.82) is 5.26 Å². The van der Waals surface area contributed by atoms with Gasteiger partial charge in [0.1, 0.15) is 16.8 Å². The Morgan fingerprint density at radius 3 is 2.48 bits per heavy atom. The van der Waals surface area contributed by atoms with Gasteiger partial charge in [0.15, 0.2) is 11.5 Å². The van der Waals surface area contributed by atoms with Crippen LogP contribution in [0.15, 0.2) is 47.6 Å². The minimum absolute atomic E-state index is 0.216. The van der Waals surface area contributed by atoms with E-state index in [2.05, 4.69) is 21.9 Å². The summed E-state index contributed by atoms with van der Waals surface area (Å²) >= 11 is 1.34. The first-order valence-corrected chi connectivity index (χ1v) is 13.7. The van der Waals surface area contributed by atoms with Gasteiger partial charge in [-0.1, -0.05) is 0 Å². The van der Waals surface area contributed by atoms with Gasteiger partial charge in [-0.15, -0.1) is 11.3 Å². The van der Waals surface area contributed by atoms with Crippen LogP contribution in [0.2, 0.25) is 0 Å². The number of anilines is 1. The molecular weight excluding hydrogens is 532 g/mol. The second-order valence-electron chi connectivity index (χ2n) is 8.67. The van der Waals surface area contributed by atoms with Crippen LogP contribution in [-0.2, 0) is 22.4 Å². The number of rotatable bonds is 9. The molecule has 0 fully saturated rings. The van der Waals surface area contributed by atoms with Crippen molar-refractivity contribution in [3.05, 3.63) is 69.6 Å². The number of nitriles is 1. The van der Waals surface area contributed by atoms with Crippen LogP contribution in [0.3, 0.4) is 0 Å². The number of carbonyl (C=O) groups excluding carboxylic acids is 3. The molecule has 0 unspecified atom stereocenters. The smallest absolute Gasteiger partial charge is 0.343 e. The molecule has 11 heteroatoms. The molecule has 1 aliphatic carbocycles. The van der Waals surface area contributed by atoms with Gasteiger partial charge in [0.05, 0.1) is 30.6 Å². The van der Waals surface area contributed by atoms with E-state index in [1.54, 1.807) is 49.4 Å². The van der Waals surface area contributed by atoms with Crippen molar-refractivity contribution in [3.63, 3.8) is 0 Å². The van der Waals surface area contributed by atoms with E-state index in [0.29, 0.717) is 46.4 Å². The Bertz CT molecular complexity index is 1470. The highest BCUT2D eigenvalue weighted by Gasteiger charge is 2.23. The van der Waals surface area contributed by atoms with Gasteiger partial charge in [0, 0.05) is 4.88 Å². The Morgan fingerprint density at radius 2 is 1.75 bits per heavy atom. The molecule has 0 spiro atoms. The molecule has 0 saturated carbocycles. The number of hydrogen-bond donors (Lipinski definition) is 2. The van der Waals surface area contributed by atoms with Gasteiger partial charge in [-0.05, 0) is 93.1 Å². The molecule has 2 N–H and O–H groups in total. The number of ether oxygens (including phenoxy) is 3. The van der Waals surface area contributed by atoms with Crippen LogP contribution in [0.4, 0.5) is 5.00 Å². The highest BCUT2D eigenvalue weighted by Crippen LogP contribution is 2.37. The fourth-order valence-electron chi connectivity index (χ4n) is 4.12. The van der Waals surface area contributed by atoms with Crippen molar-refractivity contribution in [3.8, 4) is 23.3 Å². The first kappa shape index (κ1) is 28.3. The third-order valence-electron chi connectivity index (χ3n) is 5.97. The number of hydrazone groups is 1. The van der Waals surface area contributed by atoms with E-state index in [9.17, 15) is 19.6 Å². The highest BCUT2D eigenvalue weighted by atomic mass is 32.1. The Hall–Kier alpha value is -4.69. The Balaban J connectivity index is 1.37. The second-order valence-corrected chi connectivity index (χ2v) is 9.77. The van der Waals surface area contributed by atoms with E-state index in [0.717, 1.165) is 36.1 Å². The lowest BCUT2D eigenvalue weighted by molar-refractivity contribution is -0.136. The summed E-state index contributed by atoms with van der Waals surface area (Å²) in [5, 5.41) is 16.3. The summed E-state index contributed by atoms with van der Waals surface area (Å²) < 4.78 is 16.5. The Morgan fingerprint density at radius 1 is 1.00 bits per heavy atom. The summed E-state index contributed by atoms with van der Waals surface area (Å²) in [5.74, 6) is -1.28. The van der Waals surface area contributed by atoms with Gasteiger partial charge >= 0.3 is 17.8 Å². The summed E-state index contributed by atoms with van der Waals surface area (Å²) in [4.78, 5) is 38.4. The zero-order chi connectivity index (χ0) is 28.5. The Kier molecular flexibility index (Phi) is 9.48. The minimum atomic E-state index is -0.975.